The monoisotopic (exact) mass is 213 g/mol. The predicted octanol–water partition coefficient (Wildman–Crippen LogP) is -0.859. The maximum atomic E-state index is 9.18. The van der Waals surface area contributed by atoms with Crippen molar-refractivity contribution in [2.24, 2.45) is 5.73 Å². The second-order valence-corrected chi connectivity index (χ2v) is 3.34. The quantitative estimate of drug-likeness (QED) is 0.167. The molecule has 1 rings (SSSR count). The van der Waals surface area contributed by atoms with Crippen LogP contribution in [0.25, 0.3) is 0 Å². The third-order valence-corrected chi connectivity index (χ3v) is 2.10. The van der Waals surface area contributed by atoms with Crippen LogP contribution in [-0.4, -0.2) is 27.7 Å². The van der Waals surface area contributed by atoms with Gasteiger partial charge in [-0.1, -0.05) is 6.07 Å². The van der Waals surface area contributed by atoms with Crippen LogP contribution in [0.2, 0.25) is 0 Å². The molecule has 0 fully saturated rings. The van der Waals surface area contributed by atoms with E-state index < -0.39 is 12.3 Å². The molecule has 6 heteroatoms. The maximum Gasteiger partial charge on any atom is 0.142 e. The first-order chi connectivity index (χ1) is 7.04. The van der Waals surface area contributed by atoms with Gasteiger partial charge in [-0.3, -0.25) is 0 Å². The number of aliphatic hydroxyl groups is 1. The van der Waals surface area contributed by atoms with E-state index in [-0.39, 0.29) is 11.4 Å². The first-order valence-electron chi connectivity index (χ1n) is 4.45. The Morgan fingerprint density at radius 1 is 1.40 bits per heavy atom. The lowest BCUT2D eigenvalue weighted by atomic mass is 10.0. The van der Waals surface area contributed by atoms with Gasteiger partial charge in [-0.15, -0.1) is 0 Å². The summed E-state index contributed by atoms with van der Waals surface area (Å²) in [6, 6.07) is 4.02. The Kier molecular flexibility index (Phi) is 3.87. The van der Waals surface area contributed by atoms with Gasteiger partial charge < -0.3 is 26.9 Å². The fraction of sp³-hybridized carbons (Fsp3) is 0.333. The lowest BCUT2D eigenvalue weighted by Crippen LogP contribution is -2.44. The van der Waals surface area contributed by atoms with Crippen molar-refractivity contribution < 1.29 is 15.4 Å². The van der Waals surface area contributed by atoms with E-state index in [9.17, 15) is 5.11 Å². The number of anilines is 1. The molecule has 15 heavy (non-hydrogen) atoms. The van der Waals surface area contributed by atoms with Crippen molar-refractivity contribution in [3.8, 4) is 5.75 Å². The van der Waals surface area contributed by atoms with Crippen LogP contribution in [0.4, 0.5) is 5.69 Å². The van der Waals surface area contributed by atoms with Crippen molar-refractivity contribution in [1.82, 2.24) is 5.48 Å². The van der Waals surface area contributed by atoms with Gasteiger partial charge in [0.25, 0.3) is 0 Å². The van der Waals surface area contributed by atoms with Crippen molar-refractivity contribution in [3.63, 3.8) is 0 Å². The largest absolute Gasteiger partial charge is 0.506 e. The van der Waals surface area contributed by atoms with E-state index in [1.54, 1.807) is 17.6 Å². The minimum Gasteiger partial charge on any atom is -0.506 e. The molecular weight excluding hydrogens is 198 g/mol. The number of hydrogen-bond acceptors (Lipinski definition) is 6. The zero-order valence-electron chi connectivity index (χ0n) is 8.09. The van der Waals surface area contributed by atoms with Gasteiger partial charge in [-0.25, -0.2) is 0 Å². The number of phenols is 1. The van der Waals surface area contributed by atoms with E-state index in [4.69, 9.17) is 21.8 Å². The smallest absolute Gasteiger partial charge is 0.142 e. The van der Waals surface area contributed by atoms with Crippen LogP contribution in [0.15, 0.2) is 18.2 Å². The number of aromatic hydroxyl groups is 1. The van der Waals surface area contributed by atoms with Gasteiger partial charge in [0.15, 0.2) is 0 Å². The summed E-state index contributed by atoms with van der Waals surface area (Å²) in [4.78, 5) is 0. The van der Waals surface area contributed by atoms with E-state index in [0.29, 0.717) is 6.42 Å². The topological polar surface area (TPSA) is 125 Å². The Morgan fingerprint density at radius 3 is 2.60 bits per heavy atom. The van der Waals surface area contributed by atoms with Gasteiger partial charge in [0.2, 0.25) is 0 Å². The summed E-state index contributed by atoms with van der Waals surface area (Å²) in [7, 11) is 0. The Morgan fingerprint density at radius 2 is 2.07 bits per heavy atom. The molecule has 1 unspecified atom stereocenters. The lowest BCUT2D eigenvalue weighted by Gasteiger charge is -2.17. The highest BCUT2D eigenvalue weighted by Gasteiger charge is 2.14. The van der Waals surface area contributed by atoms with E-state index in [0.717, 1.165) is 5.56 Å². The molecule has 0 spiro atoms. The lowest BCUT2D eigenvalue weighted by molar-refractivity contribution is -0.0128. The van der Waals surface area contributed by atoms with Crippen molar-refractivity contribution in [2.45, 2.75) is 18.7 Å². The van der Waals surface area contributed by atoms with Gasteiger partial charge >= 0.3 is 0 Å². The van der Waals surface area contributed by atoms with Crippen LogP contribution in [0.1, 0.15) is 5.56 Å². The second-order valence-electron chi connectivity index (χ2n) is 3.34. The molecule has 0 bridgehead atoms. The molecular formula is C9H15N3O3. The molecule has 84 valence electrons. The minimum atomic E-state index is -1.19. The van der Waals surface area contributed by atoms with Crippen LogP contribution < -0.4 is 16.9 Å². The number of phenolic OH excluding ortho intramolecular Hbond substituents is 1. The standard InChI is InChI=1S/C9H15N3O3/c10-6-3-5(1-2-8(6)13)4-7(11)9(14)12-15/h1-3,7,9,12-15H,4,10-11H2/t7-,9?/m0/s1. The summed E-state index contributed by atoms with van der Waals surface area (Å²) >= 11 is 0. The maximum absolute atomic E-state index is 9.18. The van der Waals surface area contributed by atoms with E-state index >= 15 is 0 Å². The highest BCUT2D eigenvalue weighted by Crippen LogP contribution is 2.21. The molecule has 0 aromatic heterocycles. The average Bonchev–Trinajstić information content (AvgIpc) is 2.22. The average molecular weight is 213 g/mol. The zero-order chi connectivity index (χ0) is 11.4. The van der Waals surface area contributed by atoms with Gasteiger partial charge in [0.1, 0.15) is 12.0 Å². The number of nitrogen functional groups attached to an aromatic ring is 1. The summed E-state index contributed by atoms with van der Waals surface area (Å²) in [5.74, 6) is 0.00755. The molecule has 0 saturated carbocycles. The summed E-state index contributed by atoms with van der Waals surface area (Å²) < 4.78 is 0. The first kappa shape index (κ1) is 11.7. The van der Waals surface area contributed by atoms with Crippen molar-refractivity contribution in [1.29, 1.82) is 0 Å². The molecule has 2 atom stereocenters. The van der Waals surface area contributed by atoms with Gasteiger partial charge in [0.05, 0.1) is 11.7 Å². The summed E-state index contributed by atoms with van der Waals surface area (Å²) in [6.07, 6.45) is -0.862. The molecule has 6 nitrogen and oxygen atoms in total. The highest BCUT2D eigenvalue weighted by molar-refractivity contribution is 5.53. The Labute approximate surface area is 87.1 Å². The van der Waals surface area contributed by atoms with Crippen molar-refractivity contribution in [2.75, 3.05) is 5.73 Å². The molecule has 0 saturated heterocycles. The highest BCUT2D eigenvalue weighted by atomic mass is 16.5. The normalized spacial score (nSPS) is 14.9. The second kappa shape index (κ2) is 4.94. The molecule has 0 radical (unpaired) electrons. The number of benzene rings is 1. The summed E-state index contributed by atoms with van der Waals surface area (Å²) in [5.41, 5.74) is 13.7. The molecule has 0 heterocycles. The molecule has 1 aromatic rings. The Bertz CT molecular complexity index is 332. The predicted molar refractivity (Wildman–Crippen MR) is 55.1 cm³/mol. The molecule has 0 aliphatic heterocycles. The third-order valence-electron chi connectivity index (χ3n) is 2.10. The fourth-order valence-electron chi connectivity index (χ4n) is 1.21. The number of aliphatic hydroxyl groups excluding tert-OH is 1. The number of rotatable bonds is 4. The summed E-state index contributed by atoms with van der Waals surface area (Å²) in [6.45, 7) is 0. The van der Waals surface area contributed by atoms with E-state index in [2.05, 4.69) is 0 Å². The molecule has 8 N–H and O–H groups in total. The molecule has 0 aliphatic rings. The van der Waals surface area contributed by atoms with Gasteiger partial charge in [-0.2, -0.15) is 5.48 Å². The number of nitrogens with one attached hydrogen (secondary N) is 1. The summed E-state index contributed by atoms with van der Waals surface area (Å²) in [5, 5.41) is 26.8. The number of nitrogens with two attached hydrogens (primary N) is 2. The van der Waals surface area contributed by atoms with Crippen LogP contribution in [0, 0.1) is 0 Å². The van der Waals surface area contributed by atoms with Crippen LogP contribution in [0.3, 0.4) is 0 Å². The fourth-order valence-corrected chi connectivity index (χ4v) is 1.21. The van der Waals surface area contributed by atoms with E-state index in [1.807, 2.05) is 0 Å². The van der Waals surface area contributed by atoms with Gasteiger partial charge in [-0.05, 0) is 24.1 Å². The molecule has 1 aromatic carbocycles. The molecule has 0 amide bonds. The van der Waals surface area contributed by atoms with Crippen LogP contribution in [0.5, 0.6) is 5.75 Å². The van der Waals surface area contributed by atoms with Crippen molar-refractivity contribution >= 4 is 5.69 Å². The Hall–Kier alpha value is -1.34. The first-order valence-corrected chi connectivity index (χ1v) is 4.45. The Balaban J connectivity index is 2.68. The number of hydrogen-bond donors (Lipinski definition) is 6. The SMILES string of the molecule is Nc1cc(C[C@H](N)C(O)NO)ccc1O. The van der Waals surface area contributed by atoms with Crippen molar-refractivity contribution in [3.05, 3.63) is 23.8 Å². The van der Waals surface area contributed by atoms with Gasteiger partial charge in [0, 0.05) is 0 Å². The van der Waals surface area contributed by atoms with E-state index in [1.165, 1.54) is 6.07 Å². The van der Waals surface area contributed by atoms with Crippen LogP contribution in [-0.2, 0) is 6.42 Å². The molecule has 0 aliphatic carbocycles. The van der Waals surface area contributed by atoms with Crippen LogP contribution >= 0.6 is 0 Å². The zero-order valence-corrected chi connectivity index (χ0v) is 8.09. The third kappa shape index (κ3) is 3.07. The minimum absolute atomic E-state index is 0.00755. The number of hydroxylamine groups is 1.